The van der Waals surface area contributed by atoms with Gasteiger partial charge in [0.2, 0.25) is 0 Å². The summed E-state index contributed by atoms with van der Waals surface area (Å²) in [5, 5.41) is 9.96. The lowest BCUT2D eigenvalue weighted by atomic mass is 10.0. The molecule has 2 unspecified atom stereocenters. The summed E-state index contributed by atoms with van der Waals surface area (Å²) < 4.78 is 1.11. The minimum Gasteiger partial charge on any atom is -0.392 e. The molecule has 1 aromatic rings. The fraction of sp³-hybridized carbons (Fsp3) is 0.538. The van der Waals surface area contributed by atoms with E-state index >= 15 is 0 Å². The number of hydrogen-bond donors (Lipinski definition) is 1. The molecule has 0 radical (unpaired) electrons. The second-order valence-corrected chi connectivity index (χ2v) is 5.99. The maximum Gasteiger partial charge on any atom is 0.0659 e. The predicted octanol–water partition coefficient (Wildman–Crippen LogP) is 4.34. The van der Waals surface area contributed by atoms with Crippen LogP contribution in [0.2, 0.25) is 0 Å². The molecule has 3 heteroatoms. The Kier molecular flexibility index (Phi) is 6.47. The summed E-state index contributed by atoms with van der Waals surface area (Å²) in [5.41, 5.74) is 0. The zero-order valence-electron chi connectivity index (χ0n) is 9.82. The van der Waals surface area contributed by atoms with Crippen LogP contribution in [-0.4, -0.2) is 17.0 Å². The molecule has 1 N–H and O–H groups in total. The molecule has 0 fully saturated rings. The third-order valence-electron chi connectivity index (χ3n) is 2.65. The van der Waals surface area contributed by atoms with Gasteiger partial charge in [-0.25, -0.2) is 0 Å². The average molecular weight is 303 g/mol. The SMILES string of the molecule is CCCC(C)C(O)CSc1ccccc1Br. The summed E-state index contributed by atoms with van der Waals surface area (Å²) in [6.45, 7) is 4.28. The Bertz CT molecular complexity index is 317. The van der Waals surface area contributed by atoms with E-state index < -0.39 is 0 Å². The Balaban J connectivity index is 2.42. The summed E-state index contributed by atoms with van der Waals surface area (Å²) in [6, 6.07) is 8.13. The van der Waals surface area contributed by atoms with Gasteiger partial charge in [-0.1, -0.05) is 32.4 Å². The van der Waals surface area contributed by atoms with Crippen LogP contribution in [0.25, 0.3) is 0 Å². The highest BCUT2D eigenvalue weighted by Gasteiger charge is 2.13. The van der Waals surface area contributed by atoms with Crippen LogP contribution >= 0.6 is 27.7 Å². The summed E-state index contributed by atoms with van der Waals surface area (Å²) in [4.78, 5) is 1.20. The molecule has 1 rings (SSSR count). The standard InChI is InChI=1S/C13H19BrOS/c1-3-6-10(2)12(15)9-16-13-8-5-4-7-11(13)14/h4-5,7-8,10,12,15H,3,6,9H2,1-2H3. The molecule has 1 nitrogen and oxygen atoms in total. The second-order valence-electron chi connectivity index (χ2n) is 4.07. The van der Waals surface area contributed by atoms with Crippen molar-refractivity contribution in [3.63, 3.8) is 0 Å². The lowest BCUT2D eigenvalue weighted by Gasteiger charge is -2.17. The quantitative estimate of drug-likeness (QED) is 0.789. The minimum absolute atomic E-state index is 0.211. The smallest absolute Gasteiger partial charge is 0.0659 e. The first-order valence-electron chi connectivity index (χ1n) is 5.70. The van der Waals surface area contributed by atoms with Gasteiger partial charge in [-0.3, -0.25) is 0 Å². The highest BCUT2D eigenvalue weighted by molar-refractivity contribution is 9.10. The number of benzene rings is 1. The first-order chi connectivity index (χ1) is 7.65. The summed E-state index contributed by atoms with van der Waals surface area (Å²) in [7, 11) is 0. The summed E-state index contributed by atoms with van der Waals surface area (Å²) in [6.07, 6.45) is 2.02. The number of hydrogen-bond acceptors (Lipinski definition) is 2. The zero-order valence-corrected chi connectivity index (χ0v) is 12.2. The van der Waals surface area contributed by atoms with Crippen molar-refractivity contribution in [1.29, 1.82) is 0 Å². The molecule has 0 heterocycles. The molecule has 90 valence electrons. The molecule has 0 aliphatic carbocycles. The van der Waals surface area contributed by atoms with Crippen LogP contribution in [0, 0.1) is 5.92 Å². The van der Waals surface area contributed by atoms with E-state index in [9.17, 15) is 5.11 Å². The first kappa shape index (κ1) is 14.1. The molecule has 0 amide bonds. The Morgan fingerprint density at radius 2 is 2.06 bits per heavy atom. The number of rotatable bonds is 6. The second kappa shape index (κ2) is 7.36. The number of halogens is 1. The fourth-order valence-electron chi connectivity index (χ4n) is 1.55. The van der Waals surface area contributed by atoms with Gasteiger partial charge in [0.05, 0.1) is 6.10 Å². The monoisotopic (exact) mass is 302 g/mol. The molecule has 0 aliphatic rings. The van der Waals surface area contributed by atoms with E-state index in [4.69, 9.17) is 0 Å². The van der Waals surface area contributed by atoms with Gasteiger partial charge in [0.25, 0.3) is 0 Å². The number of aliphatic hydroxyl groups excluding tert-OH is 1. The number of aliphatic hydroxyl groups is 1. The van der Waals surface area contributed by atoms with Crippen molar-refractivity contribution in [3.8, 4) is 0 Å². The van der Waals surface area contributed by atoms with Crippen LogP contribution in [-0.2, 0) is 0 Å². The third kappa shape index (κ3) is 4.48. The summed E-state index contributed by atoms with van der Waals surface area (Å²) >= 11 is 5.22. The normalized spacial score (nSPS) is 14.8. The van der Waals surface area contributed by atoms with Crippen molar-refractivity contribution < 1.29 is 5.11 Å². The Morgan fingerprint density at radius 3 is 2.69 bits per heavy atom. The van der Waals surface area contributed by atoms with Crippen molar-refractivity contribution in [2.45, 2.75) is 37.7 Å². The van der Waals surface area contributed by atoms with Crippen molar-refractivity contribution in [2.24, 2.45) is 5.92 Å². The zero-order chi connectivity index (χ0) is 12.0. The molecular weight excluding hydrogens is 284 g/mol. The van der Waals surface area contributed by atoms with Crippen LogP contribution in [0.4, 0.5) is 0 Å². The first-order valence-corrected chi connectivity index (χ1v) is 7.48. The van der Waals surface area contributed by atoms with E-state index in [1.54, 1.807) is 11.8 Å². The molecule has 0 saturated heterocycles. The third-order valence-corrected chi connectivity index (χ3v) is 4.78. The van der Waals surface area contributed by atoms with Crippen LogP contribution < -0.4 is 0 Å². The van der Waals surface area contributed by atoms with E-state index in [-0.39, 0.29) is 6.10 Å². The van der Waals surface area contributed by atoms with E-state index in [1.807, 2.05) is 18.2 Å². The Hall–Kier alpha value is 0.01000. The van der Waals surface area contributed by atoms with Gasteiger partial charge in [-0.05, 0) is 40.4 Å². The van der Waals surface area contributed by atoms with Crippen LogP contribution in [0.1, 0.15) is 26.7 Å². The van der Waals surface area contributed by atoms with Crippen LogP contribution in [0.3, 0.4) is 0 Å². The fourth-order valence-corrected chi connectivity index (χ4v) is 3.24. The van der Waals surface area contributed by atoms with Gasteiger partial charge < -0.3 is 5.11 Å². The van der Waals surface area contributed by atoms with Crippen LogP contribution in [0.5, 0.6) is 0 Å². The van der Waals surface area contributed by atoms with E-state index in [0.29, 0.717) is 5.92 Å². The Morgan fingerprint density at radius 1 is 1.38 bits per heavy atom. The van der Waals surface area contributed by atoms with Gasteiger partial charge in [0.1, 0.15) is 0 Å². The lowest BCUT2D eigenvalue weighted by Crippen LogP contribution is -2.20. The molecule has 1 aromatic carbocycles. The molecule has 0 aromatic heterocycles. The van der Waals surface area contributed by atoms with Gasteiger partial charge in [-0.2, -0.15) is 0 Å². The summed E-state index contributed by atoms with van der Waals surface area (Å²) in [5.74, 6) is 1.16. The van der Waals surface area contributed by atoms with Crippen molar-refractivity contribution >= 4 is 27.7 Å². The van der Waals surface area contributed by atoms with Gasteiger partial charge in [0.15, 0.2) is 0 Å². The van der Waals surface area contributed by atoms with Crippen molar-refractivity contribution in [1.82, 2.24) is 0 Å². The van der Waals surface area contributed by atoms with Crippen molar-refractivity contribution in [3.05, 3.63) is 28.7 Å². The van der Waals surface area contributed by atoms with Crippen LogP contribution in [0.15, 0.2) is 33.6 Å². The van der Waals surface area contributed by atoms with Crippen molar-refractivity contribution in [2.75, 3.05) is 5.75 Å². The minimum atomic E-state index is -0.211. The topological polar surface area (TPSA) is 20.2 Å². The molecule has 0 aliphatic heterocycles. The lowest BCUT2D eigenvalue weighted by molar-refractivity contribution is 0.134. The molecule has 2 atom stereocenters. The molecular formula is C13H19BrOS. The van der Waals surface area contributed by atoms with E-state index in [1.165, 1.54) is 4.90 Å². The van der Waals surface area contributed by atoms with Gasteiger partial charge >= 0.3 is 0 Å². The highest BCUT2D eigenvalue weighted by Crippen LogP contribution is 2.28. The largest absolute Gasteiger partial charge is 0.392 e. The molecule has 0 spiro atoms. The average Bonchev–Trinajstić information content (AvgIpc) is 2.28. The maximum absolute atomic E-state index is 9.96. The molecule has 0 bridgehead atoms. The Labute approximate surface area is 111 Å². The maximum atomic E-state index is 9.96. The van der Waals surface area contributed by atoms with Gasteiger partial charge in [0, 0.05) is 15.1 Å². The molecule has 16 heavy (non-hydrogen) atoms. The van der Waals surface area contributed by atoms with E-state index in [0.717, 1.165) is 23.1 Å². The van der Waals surface area contributed by atoms with Gasteiger partial charge in [-0.15, -0.1) is 11.8 Å². The highest BCUT2D eigenvalue weighted by atomic mass is 79.9. The van der Waals surface area contributed by atoms with E-state index in [2.05, 4.69) is 35.8 Å². The number of thioether (sulfide) groups is 1. The molecule has 0 saturated carbocycles. The predicted molar refractivity (Wildman–Crippen MR) is 74.9 cm³/mol.